The van der Waals surface area contributed by atoms with Crippen LogP contribution in [0.3, 0.4) is 0 Å². The Morgan fingerprint density at radius 3 is 2.42 bits per heavy atom. The summed E-state index contributed by atoms with van der Waals surface area (Å²) in [5.74, 6) is -0.244. The van der Waals surface area contributed by atoms with Gasteiger partial charge in [0.05, 0.1) is 24.8 Å². The molecule has 1 amide bonds. The van der Waals surface area contributed by atoms with Crippen molar-refractivity contribution in [2.75, 3.05) is 33.5 Å². The number of hydrogen-bond acceptors (Lipinski definition) is 6. The van der Waals surface area contributed by atoms with Crippen LogP contribution in [-0.2, 0) is 14.3 Å². The van der Waals surface area contributed by atoms with Gasteiger partial charge in [0.15, 0.2) is 0 Å². The van der Waals surface area contributed by atoms with E-state index in [1.54, 1.807) is 31.4 Å². The van der Waals surface area contributed by atoms with Crippen LogP contribution >= 0.6 is 0 Å². The van der Waals surface area contributed by atoms with Crippen LogP contribution in [0.4, 0.5) is 0 Å². The molecule has 0 radical (unpaired) electrons. The van der Waals surface area contributed by atoms with Crippen LogP contribution in [0.25, 0.3) is 5.76 Å². The number of benzene rings is 2. The van der Waals surface area contributed by atoms with Gasteiger partial charge in [-0.1, -0.05) is 19.1 Å². The first kappa shape index (κ1) is 24.3. The number of hydrogen-bond donors (Lipinski definition) is 1. The number of aliphatic hydroxyl groups is 1. The van der Waals surface area contributed by atoms with Crippen molar-refractivity contribution in [3.05, 3.63) is 65.2 Å². The fraction of sp³-hybridized carbons (Fsp3) is 0.385. The molecule has 176 valence electrons. The number of rotatable bonds is 11. The average molecular weight is 454 g/mol. The Morgan fingerprint density at radius 2 is 1.76 bits per heavy atom. The first-order valence-electron chi connectivity index (χ1n) is 11.2. The normalized spacial score (nSPS) is 17.4. The highest BCUT2D eigenvalue weighted by molar-refractivity contribution is 6.46. The van der Waals surface area contributed by atoms with Gasteiger partial charge >= 0.3 is 0 Å². The lowest BCUT2D eigenvalue weighted by molar-refractivity contribution is -0.140. The summed E-state index contributed by atoms with van der Waals surface area (Å²) in [4.78, 5) is 27.5. The zero-order chi connectivity index (χ0) is 23.8. The highest BCUT2D eigenvalue weighted by Gasteiger charge is 2.45. The van der Waals surface area contributed by atoms with Gasteiger partial charge in [-0.15, -0.1) is 0 Å². The van der Waals surface area contributed by atoms with Crippen molar-refractivity contribution in [3.63, 3.8) is 0 Å². The number of ether oxygens (including phenoxy) is 3. The van der Waals surface area contributed by atoms with Crippen molar-refractivity contribution in [1.29, 1.82) is 0 Å². The van der Waals surface area contributed by atoms with E-state index in [9.17, 15) is 14.7 Å². The van der Waals surface area contributed by atoms with Crippen molar-refractivity contribution in [3.8, 4) is 11.5 Å². The first-order chi connectivity index (χ1) is 16.0. The third-order valence-electron chi connectivity index (χ3n) is 5.37. The van der Waals surface area contributed by atoms with Gasteiger partial charge < -0.3 is 24.2 Å². The summed E-state index contributed by atoms with van der Waals surface area (Å²) in [6.07, 6.45) is 1.42. The molecule has 33 heavy (non-hydrogen) atoms. The minimum atomic E-state index is -0.724. The summed E-state index contributed by atoms with van der Waals surface area (Å²) in [7, 11) is 1.59. The van der Waals surface area contributed by atoms with E-state index >= 15 is 0 Å². The maximum absolute atomic E-state index is 13.1. The molecule has 1 fully saturated rings. The lowest BCUT2D eigenvalue weighted by Gasteiger charge is -2.25. The zero-order valence-corrected chi connectivity index (χ0v) is 19.4. The number of carbonyl (C=O) groups excluding carboxylic acids is 2. The molecule has 7 nitrogen and oxygen atoms in total. The van der Waals surface area contributed by atoms with Crippen LogP contribution in [0.2, 0.25) is 0 Å². The molecule has 0 spiro atoms. The largest absolute Gasteiger partial charge is 0.507 e. The van der Waals surface area contributed by atoms with Gasteiger partial charge in [-0.05, 0) is 61.7 Å². The SMILES string of the molecule is CCCOc1cccc(C2/C(=C(\O)c3ccc(OCC)cc3)C(=O)C(=O)N2CCCOC)c1. The number of aliphatic hydroxyl groups excluding tert-OH is 1. The molecule has 2 aromatic carbocycles. The number of amides is 1. The molecule has 1 aliphatic heterocycles. The van der Waals surface area contributed by atoms with Gasteiger partial charge in [-0.3, -0.25) is 9.59 Å². The molecule has 0 aliphatic carbocycles. The predicted molar refractivity (Wildman–Crippen MR) is 125 cm³/mol. The highest BCUT2D eigenvalue weighted by Crippen LogP contribution is 2.40. The summed E-state index contributed by atoms with van der Waals surface area (Å²) < 4.78 is 16.3. The second-order valence-electron chi connectivity index (χ2n) is 7.72. The third-order valence-corrected chi connectivity index (χ3v) is 5.37. The molecule has 1 saturated heterocycles. The van der Waals surface area contributed by atoms with Gasteiger partial charge in [0.1, 0.15) is 17.3 Å². The summed E-state index contributed by atoms with van der Waals surface area (Å²) >= 11 is 0. The molecule has 0 aromatic heterocycles. The van der Waals surface area contributed by atoms with Crippen LogP contribution in [0, 0.1) is 0 Å². The van der Waals surface area contributed by atoms with E-state index in [1.807, 2.05) is 38.1 Å². The fourth-order valence-electron chi connectivity index (χ4n) is 3.86. The summed E-state index contributed by atoms with van der Waals surface area (Å²) in [6, 6.07) is 13.4. The third kappa shape index (κ3) is 5.54. The van der Waals surface area contributed by atoms with Crippen LogP contribution in [0.5, 0.6) is 11.5 Å². The van der Waals surface area contributed by atoms with E-state index in [1.165, 1.54) is 4.90 Å². The Labute approximate surface area is 194 Å². The minimum absolute atomic E-state index is 0.0641. The fourth-order valence-corrected chi connectivity index (χ4v) is 3.86. The lowest BCUT2D eigenvalue weighted by atomic mass is 9.95. The molecule has 1 aliphatic rings. The highest BCUT2D eigenvalue weighted by atomic mass is 16.5. The van der Waals surface area contributed by atoms with Crippen molar-refractivity contribution in [1.82, 2.24) is 4.90 Å². The van der Waals surface area contributed by atoms with Crippen molar-refractivity contribution >= 4 is 17.4 Å². The maximum Gasteiger partial charge on any atom is 0.295 e. The molecule has 0 saturated carbocycles. The number of nitrogens with zero attached hydrogens (tertiary/aromatic N) is 1. The van der Waals surface area contributed by atoms with E-state index in [2.05, 4.69) is 0 Å². The number of likely N-dealkylation sites (tertiary alicyclic amines) is 1. The first-order valence-corrected chi connectivity index (χ1v) is 11.2. The van der Waals surface area contributed by atoms with Crippen LogP contribution < -0.4 is 9.47 Å². The summed E-state index contributed by atoms with van der Waals surface area (Å²) in [5, 5.41) is 11.1. The van der Waals surface area contributed by atoms with E-state index in [-0.39, 0.29) is 11.3 Å². The van der Waals surface area contributed by atoms with Crippen molar-refractivity contribution < 1.29 is 28.9 Å². The van der Waals surface area contributed by atoms with E-state index in [0.29, 0.717) is 55.4 Å². The Balaban J connectivity index is 2.06. The topological polar surface area (TPSA) is 85.3 Å². The zero-order valence-electron chi connectivity index (χ0n) is 19.4. The average Bonchev–Trinajstić information content (AvgIpc) is 3.08. The minimum Gasteiger partial charge on any atom is -0.507 e. The van der Waals surface area contributed by atoms with Gasteiger partial charge in [0.2, 0.25) is 0 Å². The van der Waals surface area contributed by atoms with E-state index in [0.717, 1.165) is 6.42 Å². The molecule has 3 rings (SSSR count). The number of Topliss-reactive ketones (excluding diaryl/α,β-unsaturated/α-hetero) is 1. The summed E-state index contributed by atoms with van der Waals surface area (Å²) in [5.41, 5.74) is 1.21. The second-order valence-corrected chi connectivity index (χ2v) is 7.72. The van der Waals surface area contributed by atoms with Crippen LogP contribution in [0.1, 0.15) is 43.9 Å². The van der Waals surface area contributed by atoms with Crippen LogP contribution in [-0.4, -0.2) is 55.2 Å². The van der Waals surface area contributed by atoms with Gasteiger partial charge in [-0.25, -0.2) is 0 Å². The quantitative estimate of drug-likeness (QED) is 0.236. The number of ketones is 1. The Morgan fingerprint density at radius 1 is 1.00 bits per heavy atom. The van der Waals surface area contributed by atoms with Crippen LogP contribution in [0.15, 0.2) is 54.1 Å². The standard InChI is InChI=1S/C26H31NO6/c1-4-15-33-21-9-6-8-19(17-21)23-22(25(29)26(30)27(23)14-7-16-31-3)24(28)18-10-12-20(13-11-18)32-5-2/h6,8-13,17,23,28H,4-5,7,14-16H2,1-3H3/b24-22+. The molecule has 1 unspecified atom stereocenters. The van der Waals surface area contributed by atoms with Gasteiger partial charge in [-0.2, -0.15) is 0 Å². The molecule has 0 bridgehead atoms. The molecule has 1 N–H and O–H groups in total. The van der Waals surface area contributed by atoms with E-state index < -0.39 is 17.7 Å². The van der Waals surface area contributed by atoms with Gasteiger partial charge in [0.25, 0.3) is 11.7 Å². The monoisotopic (exact) mass is 453 g/mol. The predicted octanol–water partition coefficient (Wildman–Crippen LogP) is 4.33. The van der Waals surface area contributed by atoms with Crippen molar-refractivity contribution in [2.24, 2.45) is 0 Å². The van der Waals surface area contributed by atoms with Crippen molar-refractivity contribution in [2.45, 2.75) is 32.7 Å². The molecular weight excluding hydrogens is 422 g/mol. The Hall–Kier alpha value is -3.32. The molecule has 7 heteroatoms. The Kier molecular flexibility index (Phi) is 8.49. The van der Waals surface area contributed by atoms with E-state index in [4.69, 9.17) is 14.2 Å². The molecular formula is C26H31NO6. The summed E-state index contributed by atoms with van der Waals surface area (Å²) in [6.45, 7) is 5.76. The number of methoxy groups -OCH3 is 1. The Bertz CT molecular complexity index is 998. The smallest absolute Gasteiger partial charge is 0.295 e. The lowest BCUT2D eigenvalue weighted by Crippen LogP contribution is -2.31. The second kappa shape index (κ2) is 11.5. The number of carbonyl (C=O) groups is 2. The maximum atomic E-state index is 13.1. The van der Waals surface area contributed by atoms with Gasteiger partial charge in [0, 0.05) is 25.8 Å². The molecule has 1 atom stereocenters. The molecule has 2 aromatic rings. The molecule has 1 heterocycles.